The van der Waals surface area contributed by atoms with Crippen LogP contribution in [0.4, 0.5) is 0 Å². The van der Waals surface area contributed by atoms with Crippen LogP contribution < -0.4 is 5.32 Å². The fourth-order valence-electron chi connectivity index (χ4n) is 2.96. The molecule has 2 atom stereocenters. The summed E-state index contributed by atoms with van der Waals surface area (Å²) in [6, 6.07) is 1.40. The van der Waals surface area contributed by atoms with Gasteiger partial charge in [0.1, 0.15) is 0 Å². The largest absolute Gasteiger partial charge is 0.313 e. The second-order valence-corrected chi connectivity index (χ2v) is 6.00. The minimum atomic E-state index is 0.643. The number of nitrogens with zero attached hydrogens (tertiary/aromatic N) is 2. The van der Waals surface area contributed by atoms with Crippen molar-refractivity contribution in [2.45, 2.75) is 58.0 Å². The molecule has 1 fully saturated rings. The predicted octanol–water partition coefficient (Wildman–Crippen LogP) is 2.18. The van der Waals surface area contributed by atoms with E-state index in [-0.39, 0.29) is 0 Å². The first-order chi connectivity index (χ1) is 8.65. The molecule has 0 aromatic carbocycles. The third-order valence-electron chi connectivity index (χ3n) is 4.01. The van der Waals surface area contributed by atoms with Crippen LogP contribution in [-0.4, -0.2) is 62.2 Å². The zero-order valence-electron chi connectivity index (χ0n) is 12.9. The summed E-state index contributed by atoms with van der Waals surface area (Å²) >= 11 is 0. The molecule has 1 N–H and O–H groups in total. The van der Waals surface area contributed by atoms with Crippen LogP contribution in [0.1, 0.15) is 46.0 Å². The van der Waals surface area contributed by atoms with Crippen molar-refractivity contribution in [2.75, 3.05) is 40.3 Å². The van der Waals surface area contributed by atoms with E-state index in [1.807, 2.05) is 0 Å². The molecule has 3 nitrogen and oxygen atoms in total. The van der Waals surface area contributed by atoms with Gasteiger partial charge >= 0.3 is 0 Å². The Morgan fingerprint density at radius 1 is 1.33 bits per heavy atom. The molecule has 0 amide bonds. The van der Waals surface area contributed by atoms with E-state index in [4.69, 9.17) is 0 Å². The van der Waals surface area contributed by atoms with Crippen LogP contribution >= 0.6 is 0 Å². The van der Waals surface area contributed by atoms with Gasteiger partial charge in [0.25, 0.3) is 0 Å². The van der Waals surface area contributed by atoms with Crippen molar-refractivity contribution in [1.29, 1.82) is 0 Å². The Labute approximate surface area is 114 Å². The van der Waals surface area contributed by atoms with Crippen molar-refractivity contribution in [1.82, 2.24) is 15.1 Å². The lowest BCUT2D eigenvalue weighted by Gasteiger charge is -2.39. The highest BCUT2D eigenvalue weighted by Gasteiger charge is 2.26. The van der Waals surface area contributed by atoms with Crippen LogP contribution in [0.5, 0.6) is 0 Å². The third-order valence-corrected chi connectivity index (χ3v) is 4.01. The van der Waals surface area contributed by atoms with Gasteiger partial charge in [-0.05, 0) is 72.9 Å². The number of rotatable bonds is 8. The smallest absolute Gasteiger partial charge is 0.0246 e. The molecule has 0 aliphatic carbocycles. The minimum Gasteiger partial charge on any atom is -0.313 e. The average molecular weight is 255 g/mol. The van der Waals surface area contributed by atoms with Crippen molar-refractivity contribution >= 4 is 0 Å². The number of likely N-dealkylation sites (tertiary alicyclic amines) is 1. The molecule has 0 aromatic heterocycles. The molecule has 0 bridgehead atoms. The highest BCUT2D eigenvalue weighted by atomic mass is 15.2. The Hall–Kier alpha value is -0.120. The molecule has 1 aliphatic rings. The maximum absolute atomic E-state index is 3.68. The first-order valence-corrected chi connectivity index (χ1v) is 7.77. The summed E-state index contributed by atoms with van der Waals surface area (Å²) < 4.78 is 0. The lowest BCUT2D eigenvalue weighted by molar-refractivity contribution is 0.115. The highest BCUT2D eigenvalue weighted by molar-refractivity contribution is 4.85. The van der Waals surface area contributed by atoms with Gasteiger partial charge < -0.3 is 10.2 Å². The summed E-state index contributed by atoms with van der Waals surface area (Å²) in [5.74, 6) is 0. The maximum Gasteiger partial charge on any atom is 0.0246 e. The highest BCUT2D eigenvalue weighted by Crippen LogP contribution is 2.20. The molecule has 0 spiro atoms. The van der Waals surface area contributed by atoms with Crippen LogP contribution in [0.3, 0.4) is 0 Å². The van der Waals surface area contributed by atoms with Gasteiger partial charge in [0.2, 0.25) is 0 Å². The lowest BCUT2D eigenvalue weighted by atomic mass is 9.96. The van der Waals surface area contributed by atoms with E-state index in [9.17, 15) is 0 Å². The van der Waals surface area contributed by atoms with E-state index in [2.05, 4.69) is 43.1 Å². The Morgan fingerprint density at radius 3 is 2.78 bits per heavy atom. The topological polar surface area (TPSA) is 18.5 Å². The monoisotopic (exact) mass is 255 g/mol. The molecule has 2 unspecified atom stereocenters. The van der Waals surface area contributed by atoms with Crippen LogP contribution in [-0.2, 0) is 0 Å². The van der Waals surface area contributed by atoms with Crippen molar-refractivity contribution in [2.24, 2.45) is 0 Å². The SMILES string of the molecule is CCCNC(C)C1CCCCN1CCCN(C)C. The van der Waals surface area contributed by atoms with Crippen LogP contribution in [0, 0.1) is 0 Å². The number of piperidine rings is 1. The standard InChI is InChI=1S/C15H33N3/c1-5-10-16-14(2)15-9-6-7-12-18(15)13-8-11-17(3)4/h14-16H,5-13H2,1-4H3. The van der Waals surface area contributed by atoms with E-state index < -0.39 is 0 Å². The van der Waals surface area contributed by atoms with Crippen molar-refractivity contribution < 1.29 is 0 Å². The molecule has 1 heterocycles. The van der Waals surface area contributed by atoms with E-state index in [0.717, 1.165) is 12.6 Å². The molecule has 3 heteroatoms. The summed E-state index contributed by atoms with van der Waals surface area (Å²) in [4.78, 5) is 5.01. The van der Waals surface area contributed by atoms with Gasteiger partial charge in [-0.2, -0.15) is 0 Å². The predicted molar refractivity (Wildman–Crippen MR) is 80.1 cm³/mol. The molecule has 18 heavy (non-hydrogen) atoms. The molecule has 0 radical (unpaired) electrons. The molecule has 108 valence electrons. The van der Waals surface area contributed by atoms with E-state index in [1.165, 1.54) is 51.7 Å². The van der Waals surface area contributed by atoms with Gasteiger partial charge in [-0.1, -0.05) is 13.3 Å². The summed E-state index contributed by atoms with van der Waals surface area (Å²) in [6.45, 7) is 9.54. The molecule has 1 aliphatic heterocycles. The van der Waals surface area contributed by atoms with Crippen LogP contribution in [0.2, 0.25) is 0 Å². The summed E-state index contributed by atoms with van der Waals surface area (Å²) in [6.07, 6.45) is 6.70. The molecule has 0 aromatic rings. The first-order valence-electron chi connectivity index (χ1n) is 7.77. The van der Waals surface area contributed by atoms with Gasteiger partial charge in [0.05, 0.1) is 0 Å². The lowest BCUT2D eigenvalue weighted by Crippen LogP contribution is -2.51. The summed E-state index contributed by atoms with van der Waals surface area (Å²) in [5, 5.41) is 3.68. The van der Waals surface area contributed by atoms with Crippen LogP contribution in [0.25, 0.3) is 0 Å². The molecular formula is C15H33N3. The second kappa shape index (κ2) is 8.89. The van der Waals surface area contributed by atoms with Gasteiger partial charge in [-0.15, -0.1) is 0 Å². The molecule has 0 saturated carbocycles. The second-order valence-electron chi connectivity index (χ2n) is 6.00. The molecular weight excluding hydrogens is 222 g/mol. The molecule has 1 rings (SSSR count). The first kappa shape index (κ1) is 15.9. The Kier molecular flexibility index (Phi) is 7.87. The van der Waals surface area contributed by atoms with Crippen molar-refractivity contribution in [3.8, 4) is 0 Å². The Morgan fingerprint density at radius 2 is 2.11 bits per heavy atom. The van der Waals surface area contributed by atoms with Crippen molar-refractivity contribution in [3.05, 3.63) is 0 Å². The van der Waals surface area contributed by atoms with E-state index in [0.29, 0.717) is 6.04 Å². The van der Waals surface area contributed by atoms with Gasteiger partial charge in [0, 0.05) is 12.1 Å². The van der Waals surface area contributed by atoms with E-state index in [1.54, 1.807) is 0 Å². The van der Waals surface area contributed by atoms with Gasteiger partial charge in [-0.3, -0.25) is 4.90 Å². The van der Waals surface area contributed by atoms with Crippen LogP contribution in [0.15, 0.2) is 0 Å². The normalized spacial score (nSPS) is 23.5. The third kappa shape index (κ3) is 5.68. The Balaban J connectivity index is 2.36. The number of hydrogen-bond donors (Lipinski definition) is 1. The van der Waals surface area contributed by atoms with Gasteiger partial charge in [0.15, 0.2) is 0 Å². The fourth-order valence-corrected chi connectivity index (χ4v) is 2.96. The average Bonchev–Trinajstić information content (AvgIpc) is 2.36. The van der Waals surface area contributed by atoms with Gasteiger partial charge in [-0.25, -0.2) is 0 Å². The zero-order chi connectivity index (χ0) is 13.4. The summed E-state index contributed by atoms with van der Waals surface area (Å²) in [7, 11) is 4.33. The maximum atomic E-state index is 3.68. The van der Waals surface area contributed by atoms with E-state index >= 15 is 0 Å². The fraction of sp³-hybridized carbons (Fsp3) is 1.00. The number of hydrogen-bond acceptors (Lipinski definition) is 3. The Bertz CT molecular complexity index is 206. The summed E-state index contributed by atoms with van der Waals surface area (Å²) in [5.41, 5.74) is 0. The quantitative estimate of drug-likeness (QED) is 0.717. The minimum absolute atomic E-state index is 0.643. The molecule has 1 saturated heterocycles. The van der Waals surface area contributed by atoms with Crippen molar-refractivity contribution in [3.63, 3.8) is 0 Å². The number of nitrogens with one attached hydrogen (secondary N) is 1. The zero-order valence-corrected chi connectivity index (χ0v) is 12.9.